The zero-order chi connectivity index (χ0) is 26.4. The Morgan fingerprint density at radius 2 is 1.22 bits per heavy atom. The number of benzene rings is 4. The number of rotatable bonds is 8. The summed E-state index contributed by atoms with van der Waals surface area (Å²) in [7, 11) is 0. The van der Waals surface area contributed by atoms with Crippen molar-refractivity contribution in [3.63, 3.8) is 0 Å². The van der Waals surface area contributed by atoms with Crippen LogP contribution in [-0.4, -0.2) is 23.3 Å². The molecule has 0 saturated heterocycles. The SMILES string of the molecule is O=C(O)CC(NC(=O)c1ccc(-c2ccc(OC(F)(F)F)cc2)cc1)c1ccc(-c2ccccc2)cc1. The highest BCUT2D eigenvalue weighted by molar-refractivity contribution is 5.95. The van der Waals surface area contributed by atoms with Gasteiger partial charge in [0.25, 0.3) is 5.91 Å². The maximum Gasteiger partial charge on any atom is 0.573 e. The molecule has 0 heterocycles. The largest absolute Gasteiger partial charge is 0.573 e. The first-order valence-electron chi connectivity index (χ1n) is 11.3. The molecule has 0 aliphatic heterocycles. The highest BCUT2D eigenvalue weighted by Crippen LogP contribution is 2.27. The standard InChI is InChI=1S/C29H22F3NO4/c30-29(31,32)37-25-16-14-22(15-17-25)21-8-12-24(13-9-21)28(36)33-26(18-27(34)35)23-10-6-20(7-11-23)19-4-2-1-3-5-19/h1-17,26H,18H2,(H,33,36)(H,34,35). The summed E-state index contributed by atoms with van der Waals surface area (Å²) in [6, 6.07) is 28.2. The number of nitrogens with one attached hydrogen (secondary N) is 1. The molecule has 0 aromatic heterocycles. The third-order valence-corrected chi connectivity index (χ3v) is 5.67. The molecule has 5 nitrogen and oxygen atoms in total. The Kier molecular flexibility index (Phi) is 7.57. The van der Waals surface area contributed by atoms with Gasteiger partial charge in [0.05, 0.1) is 12.5 Å². The van der Waals surface area contributed by atoms with Crippen LogP contribution in [-0.2, 0) is 4.79 Å². The first-order valence-corrected chi connectivity index (χ1v) is 11.3. The van der Waals surface area contributed by atoms with E-state index in [-0.39, 0.29) is 12.2 Å². The maximum atomic E-state index is 12.9. The van der Waals surface area contributed by atoms with Crippen molar-refractivity contribution in [3.8, 4) is 28.0 Å². The van der Waals surface area contributed by atoms with Crippen LogP contribution in [0.15, 0.2) is 103 Å². The van der Waals surface area contributed by atoms with E-state index in [1.807, 2.05) is 42.5 Å². The van der Waals surface area contributed by atoms with E-state index in [1.165, 1.54) is 24.3 Å². The molecule has 0 fully saturated rings. The monoisotopic (exact) mass is 505 g/mol. The molecule has 4 aromatic rings. The number of carboxylic acid groups (broad SMARTS) is 1. The molecule has 8 heteroatoms. The number of carbonyl (C=O) groups excluding carboxylic acids is 1. The molecule has 188 valence electrons. The molecule has 4 aromatic carbocycles. The van der Waals surface area contributed by atoms with E-state index < -0.39 is 24.3 Å². The zero-order valence-electron chi connectivity index (χ0n) is 19.4. The molecule has 1 unspecified atom stereocenters. The summed E-state index contributed by atoms with van der Waals surface area (Å²) >= 11 is 0. The summed E-state index contributed by atoms with van der Waals surface area (Å²) in [6.45, 7) is 0. The fourth-order valence-electron chi connectivity index (χ4n) is 3.87. The van der Waals surface area contributed by atoms with Gasteiger partial charge in [-0.25, -0.2) is 0 Å². The van der Waals surface area contributed by atoms with Crippen molar-refractivity contribution in [1.29, 1.82) is 0 Å². The first-order chi connectivity index (χ1) is 17.7. The molecule has 0 aliphatic rings. The summed E-state index contributed by atoms with van der Waals surface area (Å²) in [4.78, 5) is 24.4. The molecule has 37 heavy (non-hydrogen) atoms. The molecule has 0 aliphatic carbocycles. The lowest BCUT2D eigenvalue weighted by atomic mass is 9.98. The number of halogens is 3. The van der Waals surface area contributed by atoms with E-state index >= 15 is 0 Å². The van der Waals surface area contributed by atoms with E-state index in [0.717, 1.165) is 11.1 Å². The second-order valence-electron chi connectivity index (χ2n) is 8.26. The van der Waals surface area contributed by atoms with Gasteiger partial charge in [0.15, 0.2) is 0 Å². The number of hydrogen-bond donors (Lipinski definition) is 2. The van der Waals surface area contributed by atoms with Crippen LogP contribution in [0.5, 0.6) is 5.75 Å². The van der Waals surface area contributed by atoms with Crippen LogP contribution in [0.4, 0.5) is 13.2 Å². The van der Waals surface area contributed by atoms with Crippen molar-refractivity contribution < 1.29 is 32.6 Å². The Labute approximate surface area is 211 Å². The van der Waals surface area contributed by atoms with Gasteiger partial charge in [-0.15, -0.1) is 13.2 Å². The van der Waals surface area contributed by atoms with Crippen LogP contribution in [0.2, 0.25) is 0 Å². The van der Waals surface area contributed by atoms with Gasteiger partial charge in [-0.1, -0.05) is 78.9 Å². The Balaban J connectivity index is 1.46. The molecule has 0 spiro atoms. The molecule has 2 N–H and O–H groups in total. The van der Waals surface area contributed by atoms with Gasteiger partial charge in [-0.2, -0.15) is 0 Å². The minimum absolute atomic E-state index is 0.291. The summed E-state index contributed by atoms with van der Waals surface area (Å²) in [5, 5.41) is 12.2. The Bertz CT molecular complexity index is 1350. The lowest BCUT2D eigenvalue weighted by molar-refractivity contribution is -0.274. The molecular weight excluding hydrogens is 483 g/mol. The van der Waals surface area contributed by atoms with Crippen LogP contribution < -0.4 is 10.1 Å². The molecular formula is C29H22F3NO4. The smallest absolute Gasteiger partial charge is 0.481 e. The van der Waals surface area contributed by atoms with E-state index in [1.54, 1.807) is 36.4 Å². The number of carbonyl (C=O) groups is 2. The van der Waals surface area contributed by atoms with Crippen LogP contribution in [0.3, 0.4) is 0 Å². The average molecular weight is 505 g/mol. The topological polar surface area (TPSA) is 75.6 Å². The highest BCUT2D eigenvalue weighted by Gasteiger charge is 2.31. The third kappa shape index (κ3) is 6.98. The average Bonchev–Trinajstić information content (AvgIpc) is 2.88. The van der Waals surface area contributed by atoms with Crippen LogP contribution >= 0.6 is 0 Å². The van der Waals surface area contributed by atoms with Crippen LogP contribution in [0.1, 0.15) is 28.4 Å². The summed E-state index contributed by atoms with van der Waals surface area (Å²) in [6.07, 6.45) is -5.06. The number of ether oxygens (including phenoxy) is 1. The number of amides is 1. The van der Waals surface area contributed by atoms with Gasteiger partial charge in [0.1, 0.15) is 5.75 Å². The van der Waals surface area contributed by atoms with Crippen molar-refractivity contribution >= 4 is 11.9 Å². The maximum absolute atomic E-state index is 12.9. The predicted molar refractivity (Wildman–Crippen MR) is 133 cm³/mol. The summed E-state index contributed by atoms with van der Waals surface area (Å²) in [5.74, 6) is -1.82. The molecule has 0 bridgehead atoms. The lowest BCUT2D eigenvalue weighted by Gasteiger charge is -2.18. The van der Waals surface area contributed by atoms with E-state index in [4.69, 9.17) is 0 Å². The summed E-state index contributed by atoms with van der Waals surface area (Å²) in [5.41, 5.74) is 4.30. The van der Waals surface area contributed by atoms with Crippen molar-refractivity contribution in [2.24, 2.45) is 0 Å². The van der Waals surface area contributed by atoms with Crippen molar-refractivity contribution in [2.45, 2.75) is 18.8 Å². The van der Waals surface area contributed by atoms with Crippen molar-refractivity contribution in [2.75, 3.05) is 0 Å². The molecule has 4 rings (SSSR count). The van der Waals surface area contributed by atoms with Gasteiger partial charge >= 0.3 is 12.3 Å². The van der Waals surface area contributed by atoms with Crippen molar-refractivity contribution in [3.05, 3.63) is 114 Å². The lowest BCUT2D eigenvalue weighted by Crippen LogP contribution is -2.30. The fourth-order valence-corrected chi connectivity index (χ4v) is 3.87. The number of aliphatic carboxylic acids is 1. The molecule has 0 saturated carbocycles. The fraction of sp³-hybridized carbons (Fsp3) is 0.103. The first kappa shape index (κ1) is 25.5. The minimum Gasteiger partial charge on any atom is -0.481 e. The number of alkyl halides is 3. The number of carboxylic acids is 1. The Morgan fingerprint density at radius 3 is 1.73 bits per heavy atom. The van der Waals surface area contributed by atoms with E-state index in [9.17, 15) is 27.9 Å². The Morgan fingerprint density at radius 1 is 0.730 bits per heavy atom. The number of hydrogen-bond acceptors (Lipinski definition) is 3. The summed E-state index contributed by atoms with van der Waals surface area (Å²) < 4.78 is 40.9. The van der Waals surface area contributed by atoms with E-state index in [0.29, 0.717) is 22.3 Å². The molecule has 1 atom stereocenters. The Hall–Kier alpha value is -4.59. The quantitative estimate of drug-likeness (QED) is 0.274. The molecule has 0 radical (unpaired) electrons. The second-order valence-corrected chi connectivity index (χ2v) is 8.26. The van der Waals surface area contributed by atoms with Crippen LogP contribution in [0, 0.1) is 0 Å². The van der Waals surface area contributed by atoms with E-state index in [2.05, 4.69) is 10.1 Å². The van der Waals surface area contributed by atoms with Gasteiger partial charge in [0.2, 0.25) is 0 Å². The van der Waals surface area contributed by atoms with Crippen molar-refractivity contribution in [1.82, 2.24) is 5.32 Å². The van der Waals surface area contributed by atoms with Gasteiger partial charge in [-0.05, 0) is 52.1 Å². The second kappa shape index (κ2) is 11.0. The zero-order valence-corrected chi connectivity index (χ0v) is 19.4. The van der Waals surface area contributed by atoms with Gasteiger partial charge in [0, 0.05) is 5.56 Å². The normalized spacial score (nSPS) is 12.0. The molecule has 1 amide bonds. The predicted octanol–water partition coefficient (Wildman–Crippen LogP) is 6.87. The minimum atomic E-state index is -4.76. The highest BCUT2D eigenvalue weighted by atomic mass is 19.4. The van der Waals surface area contributed by atoms with Gasteiger partial charge < -0.3 is 15.2 Å². The van der Waals surface area contributed by atoms with Gasteiger partial charge in [-0.3, -0.25) is 9.59 Å². The third-order valence-electron chi connectivity index (χ3n) is 5.67. The van der Waals surface area contributed by atoms with Crippen LogP contribution in [0.25, 0.3) is 22.3 Å².